The third kappa shape index (κ3) is 5.03. The average molecular weight is 407 g/mol. The minimum atomic E-state index is -3.46. The van der Waals surface area contributed by atoms with E-state index in [-0.39, 0.29) is 0 Å². The molecule has 0 spiro atoms. The smallest absolute Gasteiger partial charge is 0.236 e. The van der Waals surface area contributed by atoms with Crippen molar-refractivity contribution in [1.29, 1.82) is 0 Å². The van der Waals surface area contributed by atoms with Crippen molar-refractivity contribution < 1.29 is 13.2 Å². The van der Waals surface area contributed by atoms with Crippen LogP contribution in [0.4, 0.5) is 5.69 Å². The van der Waals surface area contributed by atoms with E-state index < -0.39 is 10.0 Å². The van der Waals surface area contributed by atoms with E-state index in [1.807, 2.05) is 31.2 Å². The summed E-state index contributed by atoms with van der Waals surface area (Å²) in [6.45, 7) is 4.67. The van der Waals surface area contributed by atoms with E-state index in [1.54, 1.807) is 30.3 Å². The Morgan fingerprint density at radius 2 is 1.70 bits per heavy atom. The summed E-state index contributed by atoms with van der Waals surface area (Å²) < 4.78 is 32.4. The molecule has 144 valence electrons. The van der Waals surface area contributed by atoms with Crippen molar-refractivity contribution in [3.05, 3.63) is 64.5 Å². The number of hydrogen-bond acceptors (Lipinski definition) is 4. The van der Waals surface area contributed by atoms with Crippen molar-refractivity contribution in [3.63, 3.8) is 0 Å². The van der Waals surface area contributed by atoms with E-state index >= 15 is 0 Å². The van der Waals surface area contributed by atoms with E-state index in [4.69, 9.17) is 16.3 Å². The third-order valence-corrected chi connectivity index (χ3v) is 6.22. The van der Waals surface area contributed by atoms with E-state index in [1.165, 1.54) is 9.71 Å². The number of halogens is 1. The Morgan fingerprint density at radius 3 is 2.37 bits per heavy atom. The topological polar surface area (TPSA) is 49.9 Å². The monoisotopic (exact) mass is 406 g/mol. The second-order valence-corrected chi connectivity index (χ2v) is 8.44. The number of rotatable bonds is 6. The van der Waals surface area contributed by atoms with Crippen molar-refractivity contribution in [2.45, 2.75) is 6.92 Å². The Labute approximate surface area is 165 Å². The van der Waals surface area contributed by atoms with Crippen LogP contribution in [-0.4, -0.2) is 45.5 Å². The van der Waals surface area contributed by atoms with Gasteiger partial charge in [-0.3, -0.25) is 0 Å². The van der Waals surface area contributed by atoms with E-state index in [2.05, 4.69) is 4.90 Å². The van der Waals surface area contributed by atoms with Gasteiger partial charge in [-0.25, -0.2) is 8.42 Å². The lowest BCUT2D eigenvalue weighted by atomic mass is 10.2. The molecule has 0 bridgehead atoms. The van der Waals surface area contributed by atoms with Crippen LogP contribution in [0.2, 0.25) is 5.02 Å². The molecule has 7 heteroatoms. The van der Waals surface area contributed by atoms with Gasteiger partial charge in [0, 0.05) is 36.6 Å². The quantitative estimate of drug-likeness (QED) is 0.730. The van der Waals surface area contributed by atoms with Crippen molar-refractivity contribution in [2.24, 2.45) is 0 Å². The molecule has 0 amide bonds. The fourth-order valence-corrected chi connectivity index (χ4v) is 4.30. The highest BCUT2D eigenvalue weighted by Gasteiger charge is 2.26. The number of para-hydroxylation sites is 2. The van der Waals surface area contributed by atoms with Crippen LogP contribution < -0.4 is 9.64 Å². The number of hydrogen-bond donors (Lipinski definition) is 0. The Bertz CT molecular complexity index is 890. The van der Waals surface area contributed by atoms with Crippen LogP contribution in [-0.2, 0) is 10.0 Å². The van der Waals surface area contributed by atoms with E-state index in [0.717, 1.165) is 17.0 Å². The summed E-state index contributed by atoms with van der Waals surface area (Å²) in [5.41, 5.74) is 1.81. The summed E-state index contributed by atoms with van der Waals surface area (Å²) in [6, 6.07) is 14.9. The molecule has 1 aliphatic heterocycles. The minimum Gasteiger partial charge on any atom is -0.492 e. The standard InChI is InChI=1S/C20H23ClN2O3S/c1-2-26-20-6-4-3-5-19(20)22-12-14-23(15-13-22)27(24,25)16-11-17-7-9-18(21)10-8-17/h3-11,16H,2,12-15H2,1H3/b16-11+. The summed E-state index contributed by atoms with van der Waals surface area (Å²) in [4.78, 5) is 2.17. The predicted molar refractivity (Wildman–Crippen MR) is 111 cm³/mol. The molecule has 1 saturated heterocycles. The largest absolute Gasteiger partial charge is 0.492 e. The van der Waals surface area contributed by atoms with Gasteiger partial charge < -0.3 is 9.64 Å². The minimum absolute atomic E-state index is 0.438. The number of piperazine rings is 1. The molecular weight excluding hydrogens is 384 g/mol. The molecule has 0 saturated carbocycles. The van der Waals surface area contributed by atoms with Crippen LogP contribution in [0.1, 0.15) is 12.5 Å². The summed E-state index contributed by atoms with van der Waals surface area (Å²) >= 11 is 5.85. The predicted octanol–water partition coefficient (Wildman–Crippen LogP) is 3.86. The Balaban J connectivity index is 1.65. The zero-order valence-electron chi connectivity index (χ0n) is 15.2. The summed E-state index contributed by atoms with van der Waals surface area (Å²) in [6.07, 6.45) is 1.60. The van der Waals surface area contributed by atoms with Gasteiger partial charge in [0.15, 0.2) is 0 Å². The second kappa shape index (κ2) is 8.78. The number of sulfonamides is 1. The van der Waals surface area contributed by atoms with Gasteiger partial charge in [0.25, 0.3) is 0 Å². The third-order valence-electron chi connectivity index (χ3n) is 4.41. The van der Waals surface area contributed by atoms with Crippen LogP contribution in [0.25, 0.3) is 6.08 Å². The van der Waals surface area contributed by atoms with E-state index in [9.17, 15) is 8.42 Å². The molecular formula is C20H23ClN2O3S. The Hall–Kier alpha value is -2.02. The number of ether oxygens (including phenoxy) is 1. The summed E-state index contributed by atoms with van der Waals surface area (Å²) in [5.74, 6) is 0.832. The lowest BCUT2D eigenvalue weighted by molar-refractivity contribution is 0.337. The second-order valence-electron chi connectivity index (χ2n) is 6.19. The highest BCUT2D eigenvalue weighted by Crippen LogP contribution is 2.29. The fourth-order valence-electron chi connectivity index (χ4n) is 3.00. The van der Waals surface area contributed by atoms with Gasteiger partial charge in [0.2, 0.25) is 10.0 Å². The van der Waals surface area contributed by atoms with Crippen LogP contribution in [0.5, 0.6) is 5.75 Å². The van der Waals surface area contributed by atoms with Crippen LogP contribution in [0, 0.1) is 0 Å². The van der Waals surface area contributed by atoms with Gasteiger partial charge in [-0.05, 0) is 42.8 Å². The lowest BCUT2D eigenvalue weighted by Gasteiger charge is -2.35. The molecule has 3 rings (SSSR count). The molecule has 2 aromatic rings. The van der Waals surface area contributed by atoms with Gasteiger partial charge in [-0.15, -0.1) is 0 Å². The molecule has 0 atom stereocenters. The summed E-state index contributed by atoms with van der Waals surface area (Å²) in [7, 11) is -3.46. The van der Waals surface area contributed by atoms with E-state index in [0.29, 0.717) is 37.8 Å². The molecule has 0 aromatic heterocycles. The molecule has 1 fully saturated rings. The molecule has 0 aliphatic carbocycles. The molecule has 0 N–H and O–H groups in total. The maximum atomic E-state index is 12.6. The van der Waals surface area contributed by atoms with Gasteiger partial charge in [-0.2, -0.15) is 4.31 Å². The molecule has 2 aromatic carbocycles. The van der Waals surface area contributed by atoms with Crippen molar-refractivity contribution in [3.8, 4) is 5.75 Å². The van der Waals surface area contributed by atoms with Crippen molar-refractivity contribution >= 4 is 33.4 Å². The molecule has 0 radical (unpaired) electrons. The maximum absolute atomic E-state index is 12.6. The SMILES string of the molecule is CCOc1ccccc1N1CCN(S(=O)(=O)/C=C/c2ccc(Cl)cc2)CC1. The fraction of sp³-hybridized carbons (Fsp3) is 0.300. The summed E-state index contributed by atoms with van der Waals surface area (Å²) in [5, 5.41) is 1.89. The van der Waals surface area contributed by atoms with Crippen molar-refractivity contribution in [1.82, 2.24) is 4.31 Å². The number of benzene rings is 2. The first-order valence-electron chi connectivity index (χ1n) is 8.90. The van der Waals surface area contributed by atoms with Crippen molar-refractivity contribution in [2.75, 3.05) is 37.7 Å². The van der Waals surface area contributed by atoms with Crippen LogP contribution in [0.3, 0.4) is 0 Å². The lowest BCUT2D eigenvalue weighted by Crippen LogP contribution is -2.48. The molecule has 1 heterocycles. The Kier molecular flexibility index (Phi) is 6.42. The number of nitrogens with zero attached hydrogens (tertiary/aromatic N) is 2. The van der Waals surface area contributed by atoms with Gasteiger partial charge in [-0.1, -0.05) is 35.9 Å². The maximum Gasteiger partial charge on any atom is 0.236 e. The molecule has 0 unspecified atom stereocenters. The van der Waals surface area contributed by atoms with Crippen LogP contribution >= 0.6 is 11.6 Å². The first-order chi connectivity index (χ1) is 13.0. The van der Waals surface area contributed by atoms with Gasteiger partial charge in [0.1, 0.15) is 5.75 Å². The average Bonchev–Trinajstić information content (AvgIpc) is 2.68. The zero-order valence-corrected chi connectivity index (χ0v) is 16.8. The first-order valence-corrected chi connectivity index (χ1v) is 10.8. The molecule has 5 nitrogen and oxygen atoms in total. The highest BCUT2D eigenvalue weighted by atomic mass is 35.5. The van der Waals surface area contributed by atoms with Crippen LogP contribution in [0.15, 0.2) is 53.9 Å². The molecule has 27 heavy (non-hydrogen) atoms. The first kappa shape index (κ1) is 19.7. The van der Waals surface area contributed by atoms with Gasteiger partial charge in [0.05, 0.1) is 12.3 Å². The Morgan fingerprint density at radius 1 is 1.04 bits per heavy atom. The molecule has 1 aliphatic rings. The highest BCUT2D eigenvalue weighted by molar-refractivity contribution is 7.92. The van der Waals surface area contributed by atoms with Gasteiger partial charge >= 0.3 is 0 Å². The number of anilines is 1. The zero-order chi connectivity index (χ0) is 19.3. The normalized spacial score (nSPS) is 16.0.